The first-order chi connectivity index (χ1) is 12.7. The Hall–Kier alpha value is -1.62. The number of hydrogen-bond donors (Lipinski definition) is 1. The van der Waals surface area contributed by atoms with Gasteiger partial charge in [-0.2, -0.15) is 5.26 Å². The van der Waals surface area contributed by atoms with Crippen LogP contribution in [0.15, 0.2) is 21.2 Å². The summed E-state index contributed by atoms with van der Waals surface area (Å²) in [5.74, 6) is 1.14. The van der Waals surface area contributed by atoms with Gasteiger partial charge in [-0.3, -0.25) is 4.90 Å². The predicted molar refractivity (Wildman–Crippen MR) is 101 cm³/mol. The molecule has 2 aliphatic heterocycles. The van der Waals surface area contributed by atoms with Gasteiger partial charge in [0.25, 0.3) is 0 Å². The van der Waals surface area contributed by atoms with Gasteiger partial charge in [-0.25, -0.2) is 4.98 Å². The number of anilines is 1. The van der Waals surface area contributed by atoms with Crippen LogP contribution in [0.3, 0.4) is 0 Å². The molecule has 1 N–H and O–H groups in total. The highest BCUT2D eigenvalue weighted by Crippen LogP contribution is 2.36. The Morgan fingerprint density at radius 1 is 1.27 bits per heavy atom. The summed E-state index contributed by atoms with van der Waals surface area (Å²) in [6.07, 6.45) is 8.16. The van der Waals surface area contributed by atoms with Gasteiger partial charge in [-0.05, 0) is 48.0 Å². The minimum absolute atomic E-state index is 0.309. The molecule has 2 bridgehead atoms. The first-order valence-electron chi connectivity index (χ1n) is 9.33. The zero-order valence-corrected chi connectivity index (χ0v) is 16.0. The number of hydrogen-bond acceptors (Lipinski definition) is 6. The molecule has 2 saturated heterocycles. The van der Waals surface area contributed by atoms with Crippen molar-refractivity contribution in [1.82, 2.24) is 9.88 Å². The lowest BCUT2D eigenvalue weighted by atomic mass is 9.89. The number of likely N-dealkylation sites (tertiary alicyclic amines) is 1. The van der Waals surface area contributed by atoms with Crippen molar-refractivity contribution in [3.05, 3.63) is 22.5 Å². The Morgan fingerprint density at radius 2 is 2.12 bits per heavy atom. The molecular weight excluding hydrogens is 396 g/mol. The highest BCUT2D eigenvalue weighted by Gasteiger charge is 2.42. The third kappa shape index (κ3) is 2.81. The molecule has 3 aliphatic rings. The van der Waals surface area contributed by atoms with E-state index in [1.54, 1.807) is 12.3 Å². The summed E-state index contributed by atoms with van der Waals surface area (Å²) in [4.78, 5) is 7.18. The molecule has 0 amide bonds. The minimum Gasteiger partial charge on any atom is -0.444 e. The van der Waals surface area contributed by atoms with Crippen molar-refractivity contribution in [2.75, 3.05) is 18.5 Å². The van der Waals surface area contributed by atoms with Crippen LogP contribution in [0.25, 0.3) is 11.0 Å². The van der Waals surface area contributed by atoms with Gasteiger partial charge in [0.2, 0.25) is 5.76 Å². The maximum Gasteiger partial charge on any atom is 0.204 e. The molecule has 7 heteroatoms. The number of pyridine rings is 1. The standard InChI is InChI=1S/C19H21BrN4O2/c20-18-16-6-14(7-21)26-17(16)8-22-19(18)23-11-1-3-12(4-2-11)24-9-15-5-13(24)10-25-15/h6,8,11-13,15H,1-5,9-10H2,(H,22,23)/t11?,12?,13-,15-/m0/s1. The van der Waals surface area contributed by atoms with Crippen molar-refractivity contribution in [3.8, 4) is 6.07 Å². The van der Waals surface area contributed by atoms with Gasteiger partial charge in [0, 0.05) is 36.1 Å². The van der Waals surface area contributed by atoms with E-state index in [0.717, 1.165) is 41.7 Å². The molecule has 2 atom stereocenters. The van der Waals surface area contributed by atoms with Gasteiger partial charge in [0.05, 0.1) is 23.4 Å². The molecule has 136 valence electrons. The van der Waals surface area contributed by atoms with Crippen molar-refractivity contribution in [3.63, 3.8) is 0 Å². The number of ether oxygens (including phenoxy) is 1. The van der Waals surface area contributed by atoms with Crippen molar-refractivity contribution >= 4 is 32.7 Å². The fraction of sp³-hybridized carbons (Fsp3) is 0.579. The number of nitrogens with one attached hydrogen (secondary N) is 1. The SMILES string of the molecule is N#Cc1cc2c(Br)c(NC3CCC(N4C[C@@H]5C[C@H]4CO5)CC3)ncc2o1. The van der Waals surface area contributed by atoms with Crippen LogP contribution in [-0.4, -0.2) is 47.3 Å². The van der Waals surface area contributed by atoms with E-state index in [4.69, 9.17) is 14.4 Å². The van der Waals surface area contributed by atoms with E-state index < -0.39 is 0 Å². The smallest absolute Gasteiger partial charge is 0.204 e. The Bertz CT molecular complexity index is 868. The summed E-state index contributed by atoms with van der Waals surface area (Å²) in [5.41, 5.74) is 0.633. The van der Waals surface area contributed by atoms with Crippen LogP contribution < -0.4 is 5.32 Å². The Kier molecular flexibility index (Phi) is 4.15. The lowest BCUT2D eigenvalue weighted by molar-refractivity contribution is 0.00330. The number of nitrogens with zero attached hydrogens (tertiary/aromatic N) is 3. The van der Waals surface area contributed by atoms with Crippen LogP contribution >= 0.6 is 15.9 Å². The van der Waals surface area contributed by atoms with E-state index >= 15 is 0 Å². The lowest BCUT2D eigenvalue weighted by Crippen LogP contribution is -2.46. The highest BCUT2D eigenvalue weighted by molar-refractivity contribution is 9.10. The largest absolute Gasteiger partial charge is 0.444 e. The molecular formula is C19H21BrN4O2. The monoisotopic (exact) mass is 416 g/mol. The van der Waals surface area contributed by atoms with Gasteiger partial charge in [0.15, 0.2) is 5.58 Å². The maximum absolute atomic E-state index is 9.01. The van der Waals surface area contributed by atoms with Crippen LogP contribution in [0, 0.1) is 11.3 Å². The maximum atomic E-state index is 9.01. The molecule has 0 spiro atoms. The van der Waals surface area contributed by atoms with Crippen molar-refractivity contribution < 1.29 is 9.15 Å². The van der Waals surface area contributed by atoms with Gasteiger partial charge < -0.3 is 14.5 Å². The van der Waals surface area contributed by atoms with E-state index in [1.807, 2.05) is 6.07 Å². The normalized spacial score (nSPS) is 31.4. The Morgan fingerprint density at radius 3 is 2.81 bits per heavy atom. The second kappa shape index (κ2) is 6.52. The highest BCUT2D eigenvalue weighted by atomic mass is 79.9. The molecule has 0 aromatic carbocycles. The van der Waals surface area contributed by atoms with E-state index in [9.17, 15) is 0 Å². The third-order valence-corrected chi connectivity index (χ3v) is 6.88. The number of morpholine rings is 1. The molecule has 26 heavy (non-hydrogen) atoms. The third-order valence-electron chi connectivity index (χ3n) is 6.08. The summed E-state index contributed by atoms with van der Waals surface area (Å²) < 4.78 is 12.0. The molecule has 0 radical (unpaired) electrons. The predicted octanol–water partition coefficient (Wildman–Crippen LogP) is 3.66. The summed E-state index contributed by atoms with van der Waals surface area (Å²) in [6.45, 7) is 2.05. The number of fused-ring (bicyclic) bond motifs is 3. The lowest BCUT2D eigenvalue weighted by Gasteiger charge is -2.39. The first-order valence-corrected chi connectivity index (χ1v) is 10.1. The Labute approximate surface area is 160 Å². The quantitative estimate of drug-likeness (QED) is 0.822. The zero-order chi connectivity index (χ0) is 17.7. The molecule has 1 saturated carbocycles. The molecule has 5 rings (SSSR count). The summed E-state index contributed by atoms with van der Waals surface area (Å²) in [7, 11) is 0. The van der Waals surface area contributed by atoms with Crippen LogP contribution in [0.1, 0.15) is 37.9 Å². The minimum atomic E-state index is 0.309. The van der Waals surface area contributed by atoms with E-state index in [1.165, 1.54) is 19.3 Å². The Balaban J connectivity index is 1.24. The van der Waals surface area contributed by atoms with Gasteiger partial charge in [0.1, 0.15) is 11.9 Å². The summed E-state index contributed by atoms with van der Waals surface area (Å²) in [5, 5.41) is 13.5. The fourth-order valence-electron chi connectivity index (χ4n) is 4.76. The summed E-state index contributed by atoms with van der Waals surface area (Å²) in [6, 6.07) is 5.59. The van der Waals surface area contributed by atoms with Crippen LogP contribution in [0.4, 0.5) is 5.82 Å². The van der Waals surface area contributed by atoms with E-state index in [0.29, 0.717) is 35.6 Å². The zero-order valence-electron chi connectivity index (χ0n) is 14.4. The van der Waals surface area contributed by atoms with Crippen molar-refractivity contribution in [1.29, 1.82) is 5.26 Å². The molecule has 2 aromatic heterocycles. The van der Waals surface area contributed by atoms with Crippen LogP contribution in [0.5, 0.6) is 0 Å². The fourth-order valence-corrected chi connectivity index (χ4v) is 5.28. The number of rotatable bonds is 3. The van der Waals surface area contributed by atoms with Crippen LogP contribution in [0.2, 0.25) is 0 Å². The summed E-state index contributed by atoms with van der Waals surface area (Å²) >= 11 is 3.62. The number of furan rings is 1. The average Bonchev–Trinajstić information content (AvgIpc) is 3.39. The van der Waals surface area contributed by atoms with Crippen molar-refractivity contribution in [2.45, 2.75) is 56.3 Å². The molecule has 6 nitrogen and oxygen atoms in total. The van der Waals surface area contributed by atoms with E-state index in [2.05, 4.69) is 31.1 Å². The number of nitriles is 1. The molecule has 4 heterocycles. The average molecular weight is 417 g/mol. The van der Waals surface area contributed by atoms with Crippen LogP contribution in [-0.2, 0) is 4.74 Å². The molecule has 2 aromatic rings. The first kappa shape index (κ1) is 16.5. The van der Waals surface area contributed by atoms with Gasteiger partial charge >= 0.3 is 0 Å². The second-order valence-corrected chi connectivity index (χ2v) is 8.41. The topological polar surface area (TPSA) is 74.3 Å². The van der Waals surface area contributed by atoms with Gasteiger partial charge in [-0.1, -0.05) is 0 Å². The molecule has 3 fully saturated rings. The molecule has 0 unspecified atom stereocenters. The van der Waals surface area contributed by atoms with Crippen molar-refractivity contribution in [2.24, 2.45) is 0 Å². The number of aromatic nitrogens is 1. The molecule has 1 aliphatic carbocycles. The second-order valence-electron chi connectivity index (χ2n) is 7.61. The number of halogens is 1. The van der Waals surface area contributed by atoms with E-state index in [-0.39, 0.29) is 0 Å². The van der Waals surface area contributed by atoms with Gasteiger partial charge in [-0.15, -0.1) is 0 Å².